The average Bonchev–Trinajstić information content (AvgIpc) is 3.50. The third-order valence-electron chi connectivity index (χ3n) is 6.58. The Morgan fingerprint density at radius 3 is 2.51 bits per heavy atom. The van der Waals surface area contributed by atoms with Crippen LogP contribution in [0.15, 0.2) is 41.4 Å². The molecule has 0 atom stereocenters. The van der Waals surface area contributed by atoms with E-state index in [1.54, 1.807) is 7.11 Å². The first-order valence-electron chi connectivity index (χ1n) is 12.4. The lowest BCUT2D eigenvalue weighted by atomic mass is 10.1. The maximum absolute atomic E-state index is 5.89. The van der Waals surface area contributed by atoms with Gasteiger partial charge in [-0.05, 0) is 51.5 Å². The first kappa shape index (κ1) is 23.6. The molecular weight excluding hydrogens is 438 g/mol. The molecule has 1 aromatic carbocycles. The second kappa shape index (κ2) is 9.85. The fourth-order valence-electron chi connectivity index (χ4n) is 4.94. The first-order chi connectivity index (χ1) is 16.9. The fourth-order valence-corrected chi connectivity index (χ4v) is 4.94. The summed E-state index contributed by atoms with van der Waals surface area (Å²) in [6.07, 6.45) is 2.32. The Morgan fingerprint density at radius 1 is 1.06 bits per heavy atom. The van der Waals surface area contributed by atoms with Gasteiger partial charge in [0, 0.05) is 61.0 Å². The highest BCUT2D eigenvalue weighted by Gasteiger charge is 2.23. The zero-order chi connectivity index (χ0) is 24.5. The molecule has 184 valence electrons. The van der Waals surface area contributed by atoms with E-state index >= 15 is 0 Å². The van der Waals surface area contributed by atoms with Gasteiger partial charge in [-0.1, -0.05) is 18.2 Å². The van der Waals surface area contributed by atoms with Crippen molar-refractivity contribution in [1.82, 2.24) is 19.9 Å². The highest BCUT2D eigenvalue weighted by Crippen LogP contribution is 2.18. The maximum atomic E-state index is 5.89. The number of aromatic nitrogens is 2. The van der Waals surface area contributed by atoms with Crippen molar-refractivity contribution in [3.8, 4) is 5.75 Å². The Labute approximate surface area is 206 Å². The van der Waals surface area contributed by atoms with Crippen molar-refractivity contribution in [3.05, 3.63) is 74.6 Å². The Kier molecular flexibility index (Phi) is 6.65. The van der Waals surface area contributed by atoms with Gasteiger partial charge < -0.3 is 14.7 Å². The van der Waals surface area contributed by atoms with Crippen molar-refractivity contribution < 1.29 is 9.57 Å². The van der Waals surface area contributed by atoms with Gasteiger partial charge in [0.25, 0.3) is 0 Å². The van der Waals surface area contributed by atoms with Crippen LogP contribution < -0.4 is 26.0 Å². The summed E-state index contributed by atoms with van der Waals surface area (Å²) in [6, 6.07) is 12.6. The summed E-state index contributed by atoms with van der Waals surface area (Å²) in [5.41, 5.74) is 5.67. The number of rotatable bonds is 6. The number of nitrogens with zero attached hydrogens (tertiary/aromatic N) is 3. The van der Waals surface area contributed by atoms with E-state index in [2.05, 4.69) is 90.1 Å². The molecule has 0 saturated carbocycles. The van der Waals surface area contributed by atoms with Gasteiger partial charge in [0.1, 0.15) is 5.75 Å². The average molecular weight is 474 g/mol. The van der Waals surface area contributed by atoms with Gasteiger partial charge >= 0.3 is 0 Å². The van der Waals surface area contributed by atoms with Crippen molar-refractivity contribution in [3.63, 3.8) is 0 Å². The second-order valence-corrected chi connectivity index (χ2v) is 9.67. The van der Waals surface area contributed by atoms with Crippen LogP contribution in [0.25, 0.3) is 17.3 Å². The van der Waals surface area contributed by atoms with Crippen LogP contribution in [-0.2, 0) is 4.84 Å². The molecule has 3 aromatic rings. The number of hydroxylamine groups is 2. The Balaban J connectivity index is 1.53. The molecule has 0 spiro atoms. The largest absolute Gasteiger partial charge is 0.494 e. The molecule has 0 bridgehead atoms. The molecule has 0 radical (unpaired) electrons. The van der Waals surface area contributed by atoms with Gasteiger partial charge in [-0.15, -0.1) is 0 Å². The zero-order valence-electron chi connectivity index (χ0n) is 21.3. The quantitative estimate of drug-likeness (QED) is 0.567. The highest BCUT2D eigenvalue weighted by molar-refractivity contribution is 5.89. The SMILES string of the molecule is COc1cc(=C2N=c3ccccc3=C2CN2CCN(OC(C)C)CC2)[nH]/c1=C\c1[nH]c(C)cc1C. The molecule has 1 saturated heterocycles. The van der Waals surface area contributed by atoms with Crippen LogP contribution in [0.1, 0.15) is 30.8 Å². The molecule has 2 aliphatic rings. The Morgan fingerprint density at radius 2 is 1.83 bits per heavy atom. The van der Waals surface area contributed by atoms with E-state index in [9.17, 15) is 0 Å². The Bertz CT molecular complexity index is 1460. The molecule has 2 aromatic heterocycles. The minimum atomic E-state index is 0.212. The summed E-state index contributed by atoms with van der Waals surface area (Å²) in [4.78, 5) is 20.5. The van der Waals surface area contributed by atoms with E-state index in [4.69, 9.17) is 14.6 Å². The van der Waals surface area contributed by atoms with Gasteiger partial charge in [-0.2, -0.15) is 5.06 Å². The minimum absolute atomic E-state index is 0.212. The number of nitrogens with one attached hydrogen (secondary N) is 2. The van der Waals surface area contributed by atoms with Crippen molar-refractivity contribution in [2.45, 2.75) is 33.8 Å². The van der Waals surface area contributed by atoms with E-state index < -0.39 is 0 Å². The van der Waals surface area contributed by atoms with Crippen LogP contribution in [0.2, 0.25) is 0 Å². The van der Waals surface area contributed by atoms with Gasteiger partial charge in [0.05, 0.1) is 35.0 Å². The van der Waals surface area contributed by atoms with Crippen LogP contribution in [0.5, 0.6) is 5.75 Å². The molecule has 0 unspecified atom stereocenters. The summed E-state index contributed by atoms with van der Waals surface area (Å²) in [7, 11) is 1.71. The normalized spacial score (nSPS) is 18.9. The van der Waals surface area contributed by atoms with Crippen molar-refractivity contribution in [2.24, 2.45) is 4.99 Å². The Hall–Kier alpha value is -3.13. The first-order valence-corrected chi connectivity index (χ1v) is 12.4. The predicted octanol–water partition coefficient (Wildman–Crippen LogP) is 1.35. The molecule has 7 heteroatoms. The van der Waals surface area contributed by atoms with Crippen LogP contribution >= 0.6 is 0 Å². The van der Waals surface area contributed by atoms with Gasteiger partial charge in [0.15, 0.2) is 0 Å². The number of benzene rings is 1. The molecule has 2 aliphatic heterocycles. The van der Waals surface area contributed by atoms with Crippen LogP contribution in [-0.4, -0.2) is 65.9 Å². The molecule has 35 heavy (non-hydrogen) atoms. The molecule has 7 nitrogen and oxygen atoms in total. The van der Waals surface area contributed by atoms with Crippen LogP contribution in [0, 0.1) is 13.8 Å². The number of H-pyrrole nitrogens is 2. The van der Waals surface area contributed by atoms with E-state index in [-0.39, 0.29) is 6.10 Å². The van der Waals surface area contributed by atoms with Gasteiger partial charge in [0.2, 0.25) is 0 Å². The number of aromatic amines is 2. The van der Waals surface area contributed by atoms with E-state index in [0.29, 0.717) is 0 Å². The number of piperazine rings is 1. The third-order valence-corrected chi connectivity index (χ3v) is 6.58. The molecule has 1 fully saturated rings. The van der Waals surface area contributed by atoms with Crippen molar-refractivity contribution in [2.75, 3.05) is 39.8 Å². The fraction of sp³-hybridized carbons (Fsp3) is 0.393. The monoisotopic (exact) mass is 473 g/mol. The number of aryl methyl sites for hydroxylation is 2. The molecule has 0 amide bonds. The topological polar surface area (TPSA) is 68.9 Å². The molecule has 5 rings (SSSR count). The molecule has 2 N–H and O–H groups in total. The lowest BCUT2D eigenvalue weighted by Gasteiger charge is -2.35. The van der Waals surface area contributed by atoms with E-state index in [1.807, 2.05) is 0 Å². The van der Waals surface area contributed by atoms with E-state index in [1.165, 1.54) is 16.4 Å². The number of para-hydroxylation sites is 1. The van der Waals surface area contributed by atoms with Crippen LogP contribution in [0.4, 0.5) is 0 Å². The molecule has 4 heterocycles. The second-order valence-electron chi connectivity index (χ2n) is 9.67. The lowest BCUT2D eigenvalue weighted by Crippen LogP contribution is -2.47. The zero-order valence-corrected chi connectivity index (χ0v) is 21.3. The third kappa shape index (κ3) is 4.98. The number of hydrogen-bond donors (Lipinski definition) is 2. The molecular formula is C28H35N5O2. The van der Waals surface area contributed by atoms with Gasteiger partial charge in [-0.3, -0.25) is 9.74 Å². The predicted molar refractivity (Wildman–Crippen MR) is 139 cm³/mol. The number of fused-ring (bicyclic) bond motifs is 1. The standard InChI is InChI=1S/C28H35N5O2/c1-18(2)35-33-12-10-32(11-13-33)17-22-21-8-6-7-9-23(21)31-28(22)26-16-27(34-5)25(30-26)15-24-19(3)14-20(4)29-24/h6-9,14-16,18,29-30H,10-13,17H2,1-5H3/b25-15-,28-26?. The summed E-state index contributed by atoms with van der Waals surface area (Å²) in [6.45, 7) is 12.9. The summed E-state index contributed by atoms with van der Waals surface area (Å²) < 4.78 is 5.74. The smallest absolute Gasteiger partial charge is 0.144 e. The van der Waals surface area contributed by atoms with Crippen molar-refractivity contribution >= 4 is 17.3 Å². The summed E-state index contributed by atoms with van der Waals surface area (Å²) >= 11 is 0. The van der Waals surface area contributed by atoms with E-state index in [0.717, 1.165) is 71.6 Å². The number of hydrogen-bond acceptors (Lipinski definition) is 5. The van der Waals surface area contributed by atoms with Gasteiger partial charge in [-0.25, -0.2) is 4.99 Å². The van der Waals surface area contributed by atoms with Crippen molar-refractivity contribution in [1.29, 1.82) is 0 Å². The lowest BCUT2D eigenvalue weighted by molar-refractivity contribution is -0.201. The summed E-state index contributed by atoms with van der Waals surface area (Å²) in [5.74, 6) is 0.809. The van der Waals surface area contributed by atoms with Crippen LogP contribution in [0.3, 0.4) is 0 Å². The molecule has 0 aliphatic carbocycles. The summed E-state index contributed by atoms with van der Waals surface area (Å²) in [5, 5.41) is 6.23. The minimum Gasteiger partial charge on any atom is -0.494 e. The highest BCUT2D eigenvalue weighted by atomic mass is 16.7. The number of methoxy groups -OCH3 is 1. The maximum Gasteiger partial charge on any atom is 0.144 e. The number of ether oxygens (including phenoxy) is 1.